The van der Waals surface area contributed by atoms with E-state index in [0.29, 0.717) is 29.9 Å². The summed E-state index contributed by atoms with van der Waals surface area (Å²) in [6.45, 7) is 0.678. The highest BCUT2D eigenvalue weighted by atomic mass is 16.5. The Balaban J connectivity index is 2.17. The first kappa shape index (κ1) is 10.1. The van der Waals surface area contributed by atoms with Crippen LogP contribution in [-0.4, -0.2) is 30.4 Å². The third-order valence-corrected chi connectivity index (χ3v) is 3.16. The van der Waals surface area contributed by atoms with Crippen LogP contribution in [0.4, 0.5) is 0 Å². The molecule has 0 spiro atoms. The molecule has 3 rings (SSSR count). The summed E-state index contributed by atoms with van der Waals surface area (Å²) < 4.78 is 5.23. The number of likely N-dealkylation sites (tertiary alicyclic amines) is 1. The third-order valence-electron chi connectivity index (χ3n) is 3.16. The number of carbonyl (C=O) groups excluding carboxylic acids is 2. The molecule has 0 saturated carbocycles. The number of nitrogens with zero attached hydrogens (tertiary/aromatic N) is 1. The third kappa shape index (κ3) is 1.37. The first-order valence-electron chi connectivity index (χ1n) is 5.48. The second-order valence-electron chi connectivity index (χ2n) is 4.22. The van der Waals surface area contributed by atoms with Gasteiger partial charge in [-0.1, -0.05) is 18.2 Å². The van der Waals surface area contributed by atoms with Crippen molar-refractivity contribution in [3.63, 3.8) is 0 Å². The molecule has 17 heavy (non-hydrogen) atoms. The van der Waals surface area contributed by atoms with E-state index < -0.39 is 0 Å². The van der Waals surface area contributed by atoms with Gasteiger partial charge in [-0.15, -0.1) is 0 Å². The van der Waals surface area contributed by atoms with Gasteiger partial charge in [0.15, 0.2) is 0 Å². The van der Waals surface area contributed by atoms with Crippen LogP contribution < -0.4 is 0 Å². The Morgan fingerprint density at radius 2 is 1.88 bits per heavy atom. The molecular formula is C13H11NO3. The highest BCUT2D eigenvalue weighted by Gasteiger charge is 2.34. The molecule has 0 aliphatic carbocycles. The Hall–Kier alpha value is -2.10. The Bertz CT molecular complexity index is 560. The average Bonchev–Trinajstić information content (AvgIpc) is 2.83. The Morgan fingerprint density at radius 3 is 2.53 bits per heavy atom. The van der Waals surface area contributed by atoms with Crippen molar-refractivity contribution < 1.29 is 14.3 Å². The van der Waals surface area contributed by atoms with E-state index in [1.165, 1.54) is 0 Å². The number of likely N-dealkylation sites (N-methyl/N-ethyl adjacent to an activating group) is 1. The first-order chi connectivity index (χ1) is 8.18. The highest BCUT2D eigenvalue weighted by Crippen LogP contribution is 2.35. The Morgan fingerprint density at radius 1 is 1.18 bits per heavy atom. The molecule has 2 aliphatic heterocycles. The number of fused-ring (bicyclic) bond motifs is 1. The quantitative estimate of drug-likeness (QED) is 0.499. The van der Waals surface area contributed by atoms with Crippen LogP contribution in [0.15, 0.2) is 29.8 Å². The standard InChI is InChI=1S/C13H11NO3/c1-14-7-6-10(12(14)15)11-8-4-2-3-5-9(8)13(16)17-11/h2-5H,6-7H2,1H3/b11-10-. The minimum atomic E-state index is -0.370. The van der Waals surface area contributed by atoms with Gasteiger partial charge in [-0.2, -0.15) is 0 Å². The lowest BCUT2D eigenvalue weighted by Gasteiger charge is -2.06. The Labute approximate surface area is 98.5 Å². The van der Waals surface area contributed by atoms with Gasteiger partial charge in [-0.05, 0) is 12.5 Å². The molecule has 2 heterocycles. The molecule has 1 amide bonds. The number of carbonyl (C=O) groups is 2. The fourth-order valence-corrected chi connectivity index (χ4v) is 2.21. The van der Waals surface area contributed by atoms with Crippen LogP contribution in [0.25, 0.3) is 5.76 Å². The topological polar surface area (TPSA) is 46.6 Å². The van der Waals surface area contributed by atoms with E-state index in [0.717, 1.165) is 5.56 Å². The molecule has 0 N–H and O–H groups in total. The summed E-state index contributed by atoms with van der Waals surface area (Å²) in [5.41, 5.74) is 1.87. The number of rotatable bonds is 0. The number of hydrogen-bond acceptors (Lipinski definition) is 3. The van der Waals surface area contributed by atoms with Crippen molar-refractivity contribution in [3.05, 3.63) is 41.0 Å². The molecular weight excluding hydrogens is 218 g/mol. The summed E-state index contributed by atoms with van der Waals surface area (Å²) in [6, 6.07) is 7.16. The maximum absolute atomic E-state index is 11.9. The maximum atomic E-state index is 11.9. The van der Waals surface area contributed by atoms with Gasteiger partial charge in [-0.25, -0.2) is 4.79 Å². The van der Waals surface area contributed by atoms with Gasteiger partial charge in [0.1, 0.15) is 5.76 Å². The summed E-state index contributed by atoms with van der Waals surface area (Å²) in [7, 11) is 1.75. The monoisotopic (exact) mass is 229 g/mol. The van der Waals surface area contributed by atoms with Crippen LogP contribution in [0.2, 0.25) is 0 Å². The fraction of sp³-hybridized carbons (Fsp3) is 0.231. The summed E-state index contributed by atoms with van der Waals surface area (Å²) in [5.74, 6) is 0.0231. The van der Waals surface area contributed by atoms with Crippen molar-refractivity contribution in [2.75, 3.05) is 13.6 Å². The fourth-order valence-electron chi connectivity index (χ4n) is 2.21. The van der Waals surface area contributed by atoms with Crippen molar-refractivity contribution in [1.82, 2.24) is 4.90 Å². The maximum Gasteiger partial charge on any atom is 0.344 e. The van der Waals surface area contributed by atoms with E-state index in [2.05, 4.69) is 0 Å². The van der Waals surface area contributed by atoms with Gasteiger partial charge in [0.05, 0.1) is 11.1 Å². The van der Waals surface area contributed by atoms with Crippen molar-refractivity contribution >= 4 is 17.6 Å². The summed E-state index contributed by atoms with van der Waals surface area (Å²) in [6.07, 6.45) is 0.631. The molecule has 1 aromatic rings. The molecule has 2 aliphatic rings. The van der Waals surface area contributed by atoms with Crippen LogP contribution >= 0.6 is 0 Å². The van der Waals surface area contributed by atoms with E-state index in [9.17, 15) is 9.59 Å². The minimum absolute atomic E-state index is 0.0514. The summed E-state index contributed by atoms with van der Waals surface area (Å²) >= 11 is 0. The van der Waals surface area contributed by atoms with Crippen molar-refractivity contribution in [3.8, 4) is 0 Å². The molecule has 0 aromatic heterocycles. The largest absolute Gasteiger partial charge is 0.422 e. The van der Waals surface area contributed by atoms with Gasteiger partial charge in [0.2, 0.25) is 0 Å². The van der Waals surface area contributed by atoms with Crippen molar-refractivity contribution in [2.24, 2.45) is 0 Å². The molecule has 4 heteroatoms. The molecule has 0 unspecified atom stereocenters. The minimum Gasteiger partial charge on any atom is -0.422 e. The van der Waals surface area contributed by atoms with Crippen LogP contribution in [-0.2, 0) is 9.53 Å². The molecule has 0 radical (unpaired) electrons. The highest BCUT2D eigenvalue weighted by molar-refractivity contribution is 6.10. The predicted octanol–water partition coefficient (Wildman–Crippen LogP) is 1.43. The van der Waals surface area contributed by atoms with E-state index in [1.807, 2.05) is 12.1 Å². The molecule has 86 valence electrons. The number of amides is 1. The second-order valence-corrected chi connectivity index (χ2v) is 4.22. The lowest BCUT2D eigenvalue weighted by molar-refractivity contribution is -0.123. The van der Waals surface area contributed by atoms with Crippen LogP contribution in [0.3, 0.4) is 0 Å². The average molecular weight is 229 g/mol. The van der Waals surface area contributed by atoms with E-state index in [4.69, 9.17) is 4.74 Å². The first-order valence-corrected chi connectivity index (χ1v) is 5.48. The number of ether oxygens (including phenoxy) is 1. The van der Waals surface area contributed by atoms with Gasteiger partial charge >= 0.3 is 5.97 Å². The van der Waals surface area contributed by atoms with E-state index in [-0.39, 0.29) is 11.9 Å². The smallest absolute Gasteiger partial charge is 0.344 e. The lowest BCUT2D eigenvalue weighted by Crippen LogP contribution is -2.19. The lowest BCUT2D eigenvalue weighted by atomic mass is 10.0. The predicted molar refractivity (Wildman–Crippen MR) is 61.0 cm³/mol. The number of hydrogen-bond donors (Lipinski definition) is 0. The summed E-state index contributed by atoms with van der Waals surface area (Å²) in [4.78, 5) is 25.2. The summed E-state index contributed by atoms with van der Waals surface area (Å²) in [5, 5.41) is 0. The van der Waals surface area contributed by atoms with Gasteiger partial charge in [0, 0.05) is 19.2 Å². The van der Waals surface area contributed by atoms with Gasteiger partial charge in [-0.3, -0.25) is 4.79 Å². The zero-order valence-electron chi connectivity index (χ0n) is 9.40. The SMILES string of the molecule is CN1CC/C(=C2/OC(=O)c3ccccc32)C1=O. The number of benzene rings is 1. The van der Waals surface area contributed by atoms with Crippen molar-refractivity contribution in [1.29, 1.82) is 0 Å². The van der Waals surface area contributed by atoms with Crippen LogP contribution in [0.1, 0.15) is 22.3 Å². The molecule has 4 nitrogen and oxygen atoms in total. The van der Waals surface area contributed by atoms with Crippen LogP contribution in [0, 0.1) is 0 Å². The molecule has 0 atom stereocenters. The normalized spacial score (nSPS) is 23.0. The zero-order chi connectivity index (χ0) is 12.0. The van der Waals surface area contributed by atoms with E-state index >= 15 is 0 Å². The number of esters is 1. The van der Waals surface area contributed by atoms with Crippen LogP contribution in [0.5, 0.6) is 0 Å². The van der Waals surface area contributed by atoms with Gasteiger partial charge in [0.25, 0.3) is 5.91 Å². The second kappa shape index (κ2) is 3.45. The molecule has 1 saturated heterocycles. The van der Waals surface area contributed by atoms with Crippen molar-refractivity contribution in [2.45, 2.75) is 6.42 Å². The number of cyclic esters (lactones) is 1. The zero-order valence-corrected chi connectivity index (χ0v) is 9.40. The molecule has 0 bridgehead atoms. The van der Waals surface area contributed by atoms with E-state index in [1.54, 1.807) is 24.1 Å². The Kier molecular flexibility index (Phi) is 2.04. The molecule has 1 fully saturated rings. The molecule has 1 aromatic carbocycles. The van der Waals surface area contributed by atoms with Gasteiger partial charge < -0.3 is 9.64 Å².